The van der Waals surface area contributed by atoms with Crippen LogP contribution in [0.15, 0.2) is 22.7 Å². The molecule has 0 saturated heterocycles. The molecule has 2 N–H and O–H groups in total. The summed E-state index contributed by atoms with van der Waals surface area (Å²) in [5.74, 6) is 0. The molecule has 1 nitrogen and oxygen atoms in total. The molecule has 1 fully saturated rings. The van der Waals surface area contributed by atoms with Gasteiger partial charge < -0.3 is 5.73 Å². The van der Waals surface area contributed by atoms with Crippen LogP contribution in [0, 0.1) is 0 Å². The summed E-state index contributed by atoms with van der Waals surface area (Å²) < 4.78 is 39.4. The van der Waals surface area contributed by atoms with Gasteiger partial charge in [0.25, 0.3) is 0 Å². The van der Waals surface area contributed by atoms with Gasteiger partial charge in [0.15, 0.2) is 0 Å². The van der Waals surface area contributed by atoms with Gasteiger partial charge in [0.05, 0.1) is 5.56 Å². The van der Waals surface area contributed by atoms with Gasteiger partial charge in [0, 0.05) is 15.9 Å². The lowest BCUT2D eigenvalue weighted by Crippen LogP contribution is -2.33. The topological polar surface area (TPSA) is 26.0 Å². The molecule has 0 aromatic heterocycles. The van der Waals surface area contributed by atoms with Crippen molar-refractivity contribution in [1.82, 2.24) is 0 Å². The predicted octanol–water partition coefficient (Wildman–Crippen LogP) is 3.85. The van der Waals surface area contributed by atoms with E-state index < -0.39 is 17.2 Å². The SMILES string of the molecule is CC(N)C1(c2ccc(Br)cc2C(F)(F)F)CC1. The maximum Gasteiger partial charge on any atom is 0.416 e. The fourth-order valence-corrected chi connectivity index (χ4v) is 2.65. The maximum atomic E-state index is 13.0. The third kappa shape index (κ3) is 2.22. The average molecular weight is 308 g/mol. The Labute approximate surface area is 106 Å². The number of alkyl halides is 3. The molecule has 2 rings (SSSR count). The summed E-state index contributed by atoms with van der Waals surface area (Å²) in [4.78, 5) is 0. The first kappa shape index (κ1) is 12.9. The molecular formula is C12H13BrF3N. The van der Waals surface area contributed by atoms with E-state index in [1.807, 2.05) is 0 Å². The van der Waals surface area contributed by atoms with Gasteiger partial charge in [-0.05, 0) is 37.5 Å². The van der Waals surface area contributed by atoms with Gasteiger partial charge in [-0.1, -0.05) is 22.0 Å². The Morgan fingerprint density at radius 1 is 1.35 bits per heavy atom. The Kier molecular flexibility index (Phi) is 3.02. The highest BCUT2D eigenvalue weighted by molar-refractivity contribution is 9.10. The van der Waals surface area contributed by atoms with Gasteiger partial charge >= 0.3 is 6.18 Å². The molecule has 1 aromatic rings. The van der Waals surface area contributed by atoms with Crippen LogP contribution in [0.1, 0.15) is 30.9 Å². The third-order valence-electron chi connectivity index (χ3n) is 3.48. The van der Waals surface area contributed by atoms with Crippen LogP contribution in [-0.2, 0) is 11.6 Å². The number of rotatable bonds is 2. The molecule has 0 heterocycles. The van der Waals surface area contributed by atoms with Gasteiger partial charge in [-0.3, -0.25) is 0 Å². The van der Waals surface area contributed by atoms with Gasteiger partial charge in [0.2, 0.25) is 0 Å². The standard InChI is InChI=1S/C12H13BrF3N/c1-7(17)11(4-5-11)9-3-2-8(13)6-10(9)12(14,15)16/h2-3,6-7H,4-5,17H2,1H3. The molecule has 5 heteroatoms. The van der Waals surface area contributed by atoms with Crippen LogP contribution >= 0.6 is 15.9 Å². The van der Waals surface area contributed by atoms with Gasteiger partial charge in [-0.2, -0.15) is 13.2 Å². The highest BCUT2D eigenvalue weighted by Gasteiger charge is 2.51. The van der Waals surface area contributed by atoms with Crippen LogP contribution in [0.3, 0.4) is 0 Å². The normalized spacial score (nSPS) is 20.1. The Hall–Kier alpha value is -0.550. The first-order valence-corrected chi connectivity index (χ1v) is 6.19. The molecule has 1 aliphatic carbocycles. The van der Waals surface area contributed by atoms with Crippen LogP contribution in [0.4, 0.5) is 13.2 Å². The Morgan fingerprint density at radius 3 is 2.35 bits per heavy atom. The molecule has 1 unspecified atom stereocenters. The lowest BCUT2D eigenvalue weighted by atomic mass is 9.86. The van der Waals surface area contributed by atoms with Gasteiger partial charge in [-0.15, -0.1) is 0 Å². The molecule has 1 saturated carbocycles. The molecule has 0 amide bonds. The monoisotopic (exact) mass is 307 g/mol. The first-order valence-electron chi connectivity index (χ1n) is 5.40. The van der Waals surface area contributed by atoms with Crippen molar-refractivity contribution in [1.29, 1.82) is 0 Å². The fourth-order valence-electron chi connectivity index (χ4n) is 2.29. The molecule has 17 heavy (non-hydrogen) atoms. The smallest absolute Gasteiger partial charge is 0.327 e. The summed E-state index contributed by atoms with van der Waals surface area (Å²) in [6.45, 7) is 1.77. The number of nitrogens with two attached hydrogens (primary N) is 1. The third-order valence-corrected chi connectivity index (χ3v) is 3.98. The van der Waals surface area contributed by atoms with Crippen molar-refractivity contribution in [3.8, 4) is 0 Å². The van der Waals surface area contributed by atoms with E-state index in [0.717, 1.165) is 18.9 Å². The quantitative estimate of drug-likeness (QED) is 0.882. The van der Waals surface area contributed by atoms with Crippen molar-refractivity contribution in [2.75, 3.05) is 0 Å². The molecular weight excluding hydrogens is 295 g/mol. The van der Waals surface area contributed by atoms with Crippen molar-refractivity contribution in [2.45, 2.75) is 37.4 Å². The van der Waals surface area contributed by atoms with Crippen molar-refractivity contribution in [3.63, 3.8) is 0 Å². The minimum atomic E-state index is -4.33. The van der Waals surface area contributed by atoms with Gasteiger partial charge in [0.1, 0.15) is 0 Å². The van der Waals surface area contributed by atoms with Crippen molar-refractivity contribution in [3.05, 3.63) is 33.8 Å². The summed E-state index contributed by atoms with van der Waals surface area (Å²) >= 11 is 3.08. The highest BCUT2D eigenvalue weighted by Crippen LogP contribution is 2.53. The minimum Gasteiger partial charge on any atom is -0.327 e. The van der Waals surface area contributed by atoms with Crippen molar-refractivity contribution in [2.24, 2.45) is 5.73 Å². The van der Waals surface area contributed by atoms with Crippen LogP contribution in [-0.4, -0.2) is 6.04 Å². The predicted molar refractivity (Wildman–Crippen MR) is 63.7 cm³/mol. The van der Waals surface area contributed by atoms with Crippen molar-refractivity contribution < 1.29 is 13.2 Å². The summed E-state index contributed by atoms with van der Waals surface area (Å²) in [6, 6.07) is 4.07. The fraction of sp³-hybridized carbons (Fsp3) is 0.500. The minimum absolute atomic E-state index is 0.259. The zero-order valence-corrected chi connectivity index (χ0v) is 10.9. The number of hydrogen-bond acceptors (Lipinski definition) is 1. The van der Waals surface area contributed by atoms with E-state index in [0.29, 0.717) is 10.0 Å². The zero-order valence-electron chi connectivity index (χ0n) is 9.31. The van der Waals surface area contributed by atoms with E-state index >= 15 is 0 Å². The molecule has 0 aliphatic heterocycles. The van der Waals surface area contributed by atoms with Crippen LogP contribution in [0.5, 0.6) is 0 Å². The summed E-state index contributed by atoms with van der Waals surface area (Å²) in [7, 11) is 0. The second-order valence-electron chi connectivity index (χ2n) is 4.63. The lowest BCUT2D eigenvalue weighted by molar-refractivity contribution is -0.138. The molecule has 0 bridgehead atoms. The second kappa shape index (κ2) is 3.99. The number of hydrogen-bond donors (Lipinski definition) is 1. The Balaban J connectivity index is 2.55. The van der Waals surface area contributed by atoms with Crippen LogP contribution in [0.2, 0.25) is 0 Å². The summed E-state index contributed by atoms with van der Waals surface area (Å²) in [6.07, 6.45) is -2.87. The van der Waals surface area contributed by atoms with E-state index in [4.69, 9.17) is 5.73 Å². The number of benzene rings is 1. The van der Waals surface area contributed by atoms with Gasteiger partial charge in [-0.25, -0.2) is 0 Å². The van der Waals surface area contributed by atoms with Crippen LogP contribution in [0.25, 0.3) is 0 Å². The molecule has 0 spiro atoms. The van der Waals surface area contributed by atoms with E-state index in [1.54, 1.807) is 19.1 Å². The van der Waals surface area contributed by atoms with E-state index in [2.05, 4.69) is 15.9 Å². The average Bonchev–Trinajstić information content (AvgIpc) is 2.97. The largest absolute Gasteiger partial charge is 0.416 e. The Bertz CT molecular complexity index is 436. The highest BCUT2D eigenvalue weighted by atomic mass is 79.9. The molecule has 94 valence electrons. The summed E-state index contributed by atoms with van der Waals surface area (Å²) in [5.41, 5.74) is 5.12. The van der Waals surface area contributed by atoms with E-state index in [9.17, 15) is 13.2 Å². The van der Waals surface area contributed by atoms with Crippen molar-refractivity contribution >= 4 is 15.9 Å². The molecule has 1 aromatic carbocycles. The zero-order chi connectivity index (χ0) is 12.8. The lowest BCUT2D eigenvalue weighted by Gasteiger charge is -2.24. The number of halogens is 4. The summed E-state index contributed by atoms with van der Waals surface area (Å²) in [5, 5.41) is 0. The van der Waals surface area contributed by atoms with Crippen LogP contribution < -0.4 is 5.73 Å². The maximum absolute atomic E-state index is 13.0. The second-order valence-corrected chi connectivity index (χ2v) is 5.55. The van der Waals surface area contributed by atoms with E-state index in [-0.39, 0.29) is 6.04 Å². The molecule has 1 atom stereocenters. The van der Waals surface area contributed by atoms with E-state index in [1.165, 1.54) is 0 Å². The Morgan fingerprint density at radius 2 is 1.94 bits per heavy atom. The first-order chi connectivity index (χ1) is 7.77. The molecule has 0 radical (unpaired) electrons. The molecule has 1 aliphatic rings.